The molecule has 0 bridgehead atoms. The summed E-state index contributed by atoms with van der Waals surface area (Å²) in [5, 5.41) is 11.9. The van der Waals surface area contributed by atoms with E-state index in [-0.39, 0.29) is 35.9 Å². The first-order valence-electron chi connectivity index (χ1n) is 13.3. The highest BCUT2D eigenvalue weighted by atomic mass is 127. The minimum Gasteiger partial charge on any atom is -0.435 e. The fraction of sp³-hybridized carbons (Fsp3) is 0.310. The van der Waals surface area contributed by atoms with E-state index in [0.29, 0.717) is 9.13 Å². The second-order valence-corrected chi connectivity index (χ2v) is 11.3. The van der Waals surface area contributed by atoms with Gasteiger partial charge in [-0.3, -0.25) is 24.2 Å². The summed E-state index contributed by atoms with van der Waals surface area (Å²) in [5.74, 6) is -5.54. The van der Waals surface area contributed by atoms with Crippen LogP contribution in [0.25, 0.3) is 0 Å². The number of hydrogen-bond donors (Lipinski definition) is 1. The van der Waals surface area contributed by atoms with Crippen molar-refractivity contribution in [1.29, 1.82) is 5.26 Å². The first kappa shape index (κ1) is 31.1. The molecule has 228 valence electrons. The smallest absolute Gasteiger partial charge is 0.387 e. The predicted molar refractivity (Wildman–Crippen MR) is 156 cm³/mol. The third kappa shape index (κ3) is 6.59. The quantitative estimate of drug-likeness (QED) is 0.250. The highest BCUT2D eigenvalue weighted by Gasteiger charge is 2.49. The molecule has 2 atom stereocenters. The van der Waals surface area contributed by atoms with Crippen molar-refractivity contribution in [2.24, 2.45) is 0 Å². The molecule has 1 saturated heterocycles. The highest BCUT2D eigenvalue weighted by Crippen LogP contribution is 2.39. The normalized spacial score (nSPS) is 18.3. The molecule has 10 nitrogen and oxygen atoms in total. The van der Waals surface area contributed by atoms with Gasteiger partial charge in [0.1, 0.15) is 29.6 Å². The van der Waals surface area contributed by atoms with Gasteiger partial charge in [-0.15, -0.1) is 0 Å². The third-order valence-electron chi connectivity index (χ3n) is 7.17. The van der Waals surface area contributed by atoms with Gasteiger partial charge in [0, 0.05) is 46.8 Å². The SMILES string of the molecule is N#Cc1ccnc(N2C(=O)CC[C@H]2C(=O)N(c2cccc(OC(F)F)c2)[C@H](C(=O)NC2CC(F)(F)C2)c2ccccc2I)n1. The van der Waals surface area contributed by atoms with Gasteiger partial charge < -0.3 is 10.1 Å². The zero-order valence-electron chi connectivity index (χ0n) is 22.7. The maximum Gasteiger partial charge on any atom is 0.387 e. The molecule has 1 aromatic heterocycles. The molecular weight excluding hydrogens is 699 g/mol. The van der Waals surface area contributed by atoms with E-state index in [1.807, 2.05) is 28.7 Å². The van der Waals surface area contributed by atoms with Gasteiger partial charge >= 0.3 is 6.61 Å². The first-order chi connectivity index (χ1) is 21.0. The van der Waals surface area contributed by atoms with Crippen molar-refractivity contribution >= 4 is 51.9 Å². The van der Waals surface area contributed by atoms with Crippen molar-refractivity contribution in [3.63, 3.8) is 0 Å². The van der Waals surface area contributed by atoms with Gasteiger partial charge in [-0.05, 0) is 58.8 Å². The van der Waals surface area contributed by atoms with Crippen molar-refractivity contribution in [1.82, 2.24) is 15.3 Å². The number of benzene rings is 2. The first-order valence-corrected chi connectivity index (χ1v) is 14.4. The van der Waals surface area contributed by atoms with Gasteiger partial charge in [0.25, 0.3) is 11.8 Å². The molecule has 1 saturated carbocycles. The summed E-state index contributed by atoms with van der Waals surface area (Å²) in [5.41, 5.74) is 0.240. The zero-order chi connectivity index (χ0) is 31.6. The molecule has 2 heterocycles. The number of carbonyl (C=O) groups excluding carboxylic acids is 3. The van der Waals surface area contributed by atoms with Crippen LogP contribution in [-0.2, 0) is 14.4 Å². The van der Waals surface area contributed by atoms with Crippen LogP contribution in [0.2, 0.25) is 0 Å². The highest BCUT2D eigenvalue weighted by molar-refractivity contribution is 14.1. The summed E-state index contributed by atoms with van der Waals surface area (Å²) in [6.07, 6.45) is -0.0126. The van der Waals surface area contributed by atoms with E-state index in [4.69, 9.17) is 0 Å². The van der Waals surface area contributed by atoms with Crippen molar-refractivity contribution in [3.8, 4) is 11.8 Å². The number of amides is 3. The summed E-state index contributed by atoms with van der Waals surface area (Å²) in [7, 11) is 0. The van der Waals surface area contributed by atoms with E-state index < -0.39 is 61.2 Å². The van der Waals surface area contributed by atoms with Crippen LogP contribution in [0.1, 0.15) is 43.0 Å². The Hall–Kier alpha value is -4.33. The summed E-state index contributed by atoms with van der Waals surface area (Å²) >= 11 is 1.97. The van der Waals surface area contributed by atoms with Gasteiger partial charge in [0.2, 0.25) is 17.8 Å². The second kappa shape index (κ2) is 12.7. The van der Waals surface area contributed by atoms with Crippen molar-refractivity contribution in [2.45, 2.75) is 56.3 Å². The van der Waals surface area contributed by atoms with E-state index in [2.05, 4.69) is 20.0 Å². The molecule has 15 heteroatoms. The van der Waals surface area contributed by atoms with Crippen molar-refractivity contribution in [3.05, 3.63) is 75.6 Å². The number of alkyl halides is 4. The molecule has 3 aromatic rings. The standard InChI is InChI=1S/C29H23F4IN6O4/c30-27(31)44-19-5-3-4-18(12-19)39(26(43)22-8-9-23(41)40(22)28-36-11-10-16(15-35)38-28)24(20-6-1-2-7-21(20)34)25(42)37-17-13-29(32,33)14-17/h1-7,10-12,17,22,24,27H,8-9,13-14H2,(H,37,42)/t22-,24-/m0/s1. The summed E-state index contributed by atoms with van der Waals surface area (Å²) in [4.78, 5) is 51.8. The molecular formula is C29H23F4IN6O4. The Kier molecular flexibility index (Phi) is 9.00. The number of halogens is 5. The van der Waals surface area contributed by atoms with Gasteiger partial charge in [0.05, 0.1) is 0 Å². The number of nitriles is 1. The van der Waals surface area contributed by atoms with Crippen LogP contribution in [0.4, 0.5) is 29.2 Å². The van der Waals surface area contributed by atoms with Crippen molar-refractivity contribution in [2.75, 3.05) is 9.80 Å². The lowest BCUT2D eigenvalue weighted by molar-refractivity contribution is -0.133. The van der Waals surface area contributed by atoms with Gasteiger partial charge in [-0.1, -0.05) is 24.3 Å². The van der Waals surface area contributed by atoms with Crippen LogP contribution < -0.4 is 19.9 Å². The number of hydrogen-bond acceptors (Lipinski definition) is 7. The molecule has 1 aliphatic carbocycles. The lowest BCUT2D eigenvalue weighted by atomic mass is 9.87. The minimum atomic E-state index is -3.18. The topological polar surface area (TPSA) is 129 Å². The number of aromatic nitrogens is 2. The number of carbonyl (C=O) groups is 3. The molecule has 44 heavy (non-hydrogen) atoms. The maximum absolute atomic E-state index is 14.6. The zero-order valence-corrected chi connectivity index (χ0v) is 24.8. The van der Waals surface area contributed by atoms with E-state index in [0.717, 1.165) is 15.9 Å². The second-order valence-electron chi connectivity index (χ2n) is 10.1. The Bertz CT molecular complexity index is 1630. The molecule has 5 rings (SSSR count). The average Bonchev–Trinajstić information content (AvgIpc) is 3.36. The predicted octanol–water partition coefficient (Wildman–Crippen LogP) is 4.74. The number of nitrogens with zero attached hydrogens (tertiary/aromatic N) is 5. The summed E-state index contributed by atoms with van der Waals surface area (Å²) in [6, 6.07) is 11.3. The molecule has 2 fully saturated rings. The van der Waals surface area contributed by atoms with Crippen molar-refractivity contribution < 1.29 is 36.7 Å². The van der Waals surface area contributed by atoms with E-state index >= 15 is 0 Å². The fourth-order valence-electron chi connectivity index (χ4n) is 5.21. The van der Waals surface area contributed by atoms with E-state index in [1.54, 1.807) is 24.3 Å². The largest absolute Gasteiger partial charge is 0.435 e. The molecule has 3 amide bonds. The number of rotatable bonds is 9. The Labute approximate surface area is 262 Å². The van der Waals surface area contributed by atoms with Gasteiger partial charge in [-0.25, -0.2) is 18.7 Å². The number of ether oxygens (including phenoxy) is 1. The van der Waals surface area contributed by atoms with E-state index in [1.165, 1.54) is 30.5 Å². The monoisotopic (exact) mass is 722 g/mol. The Balaban J connectivity index is 1.63. The molecule has 2 aromatic carbocycles. The van der Waals surface area contributed by atoms with Crippen LogP contribution in [0.5, 0.6) is 5.75 Å². The van der Waals surface area contributed by atoms with Crippen LogP contribution in [-0.4, -0.2) is 52.3 Å². The summed E-state index contributed by atoms with van der Waals surface area (Å²) < 4.78 is 58.7. The third-order valence-corrected chi connectivity index (χ3v) is 8.15. The molecule has 1 aliphatic heterocycles. The fourth-order valence-corrected chi connectivity index (χ4v) is 5.89. The van der Waals surface area contributed by atoms with Crippen LogP contribution in [0.15, 0.2) is 60.8 Å². The van der Waals surface area contributed by atoms with Crippen LogP contribution >= 0.6 is 22.6 Å². The lowest BCUT2D eigenvalue weighted by Crippen LogP contribution is -2.56. The number of nitrogens with one attached hydrogen (secondary N) is 1. The Morgan fingerprint density at radius 1 is 1.16 bits per heavy atom. The molecule has 2 aliphatic rings. The van der Waals surface area contributed by atoms with E-state index in [9.17, 15) is 37.2 Å². The maximum atomic E-state index is 14.6. The van der Waals surface area contributed by atoms with Gasteiger partial charge in [-0.2, -0.15) is 14.0 Å². The molecule has 0 unspecified atom stereocenters. The Morgan fingerprint density at radius 2 is 1.91 bits per heavy atom. The molecule has 0 radical (unpaired) electrons. The summed E-state index contributed by atoms with van der Waals surface area (Å²) in [6.45, 7) is -3.18. The lowest BCUT2D eigenvalue weighted by Gasteiger charge is -2.39. The molecule has 0 spiro atoms. The average molecular weight is 722 g/mol. The number of anilines is 2. The van der Waals surface area contributed by atoms with Crippen LogP contribution in [0.3, 0.4) is 0 Å². The minimum absolute atomic E-state index is 0.0173. The molecule has 1 N–H and O–H groups in total. The Morgan fingerprint density at radius 3 is 2.59 bits per heavy atom. The van der Waals surface area contributed by atoms with Gasteiger partial charge in [0.15, 0.2) is 0 Å². The van der Waals surface area contributed by atoms with Crippen LogP contribution in [0, 0.1) is 14.9 Å².